The molecule has 7 heteroatoms. The fourth-order valence-electron chi connectivity index (χ4n) is 3.40. The highest BCUT2D eigenvalue weighted by Gasteiger charge is 2.39. The topological polar surface area (TPSA) is 99.6 Å². The number of ether oxygens (including phenoxy) is 1. The van der Waals surface area contributed by atoms with Crippen LogP contribution in [0.5, 0.6) is 5.75 Å². The molecule has 0 saturated heterocycles. The van der Waals surface area contributed by atoms with Crippen molar-refractivity contribution in [2.24, 2.45) is 0 Å². The quantitative estimate of drug-likeness (QED) is 0.720. The van der Waals surface area contributed by atoms with Gasteiger partial charge in [-0.25, -0.2) is 4.98 Å². The van der Waals surface area contributed by atoms with Crippen molar-refractivity contribution in [3.8, 4) is 23.1 Å². The number of rotatable bonds is 5. The first kappa shape index (κ1) is 18.7. The Balaban J connectivity index is 1.44. The van der Waals surface area contributed by atoms with Crippen LogP contribution in [0.15, 0.2) is 59.5 Å². The average molecular weight is 389 g/mol. The molecule has 2 aromatic carbocycles. The Kier molecular flexibility index (Phi) is 4.79. The zero-order valence-electron chi connectivity index (χ0n) is 15.8. The number of carbonyl (C=O) groups is 1. The van der Waals surface area contributed by atoms with Crippen molar-refractivity contribution in [2.45, 2.75) is 18.9 Å². The van der Waals surface area contributed by atoms with E-state index in [0.717, 1.165) is 11.1 Å². The Morgan fingerprint density at radius 2 is 2.14 bits per heavy atom. The fraction of sp³-hybridized carbons (Fsp3) is 0.227. The maximum absolute atomic E-state index is 13.0. The van der Waals surface area contributed by atoms with Gasteiger partial charge in [0.05, 0.1) is 11.6 Å². The monoisotopic (exact) mass is 389 g/mol. The molecule has 0 saturated carbocycles. The normalized spacial score (nSPS) is 14.7. The van der Waals surface area contributed by atoms with E-state index in [1.54, 1.807) is 36.6 Å². The summed E-state index contributed by atoms with van der Waals surface area (Å²) >= 11 is 0. The van der Waals surface area contributed by atoms with Crippen molar-refractivity contribution in [3.63, 3.8) is 0 Å². The molecule has 1 aromatic heterocycles. The van der Waals surface area contributed by atoms with Crippen LogP contribution in [0.3, 0.4) is 0 Å². The third-order valence-electron chi connectivity index (χ3n) is 4.96. The van der Waals surface area contributed by atoms with Gasteiger partial charge in [0.2, 0.25) is 0 Å². The van der Waals surface area contributed by atoms with E-state index >= 15 is 0 Å². The van der Waals surface area contributed by atoms with Gasteiger partial charge in [0.15, 0.2) is 12.0 Å². The first-order valence-corrected chi connectivity index (χ1v) is 9.17. The second-order valence-electron chi connectivity index (χ2n) is 7.08. The van der Waals surface area contributed by atoms with Crippen LogP contribution in [0.4, 0.5) is 5.69 Å². The number of amides is 1. The van der Waals surface area contributed by atoms with Crippen molar-refractivity contribution in [3.05, 3.63) is 66.2 Å². The van der Waals surface area contributed by atoms with Gasteiger partial charge < -0.3 is 19.2 Å². The standard InChI is InChI=1S/C22H19N3O4/c1-22(27,13-29-17-7-5-15(6-8-17)19-12-28-14-24-19)21(26)25-10-9-18-16(11-23)3-2-4-20(18)25/h2-8,12,14,27H,9-10,13H2,1H3/t22-/m0/s1. The lowest BCUT2D eigenvalue weighted by atomic mass is 10.0. The number of hydrogen-bond acceptors (Lipinski definition) is 6. The van der Waals surface area contributed by atoms with Crippen LogP contribution in [0.25, 0.3) is 11.3 Å². The van der Waals surface area contributed by atoms with E-state index < -0.39 is 11.5 Å². The lowest BCUT2D eigenvalue weighted by Gasteiger charge is -2.28. The van der Waals surface area contributed by atoms with Crippen molar-refractivity contribution in [1.82, 2.24) is 4.98 Å². The summed E-state index contributed by atoms with van der Waals surface area (Å²) in [5, 5.41) is 20.0. The van der Waals surface area contributed by atoms with E-state index in [1.165, 1.54) is 18.2 Å². The first-order chi connectivity index (χ1) is 14.0. The van der Waals surface area contributed by atoms with E-state index in [-0.39, 0.29) is 6.61 Å². The van der Waals surface area contributed by atoms with E-state index in [4.69, 9.17) is 9.15 Å². The van der Waals surface area contributed by atoms with E-state index in [1.807, 2.05) is 12.1 Å². The molecule has 1 N–H and O–H groups in total. The Hall–Kier alpha value is -3.63. The largest absolute Gasteiger partial charge is 0.490 e. The summed E-state index contributed by atoms with van der Waals surface area (Å²) in [6, 6.07) is 14.6. The lowest BCUT2D eigenvalue weighted by molar-refractivity contribution is -0.137. The summed E-state index contributed by atoms with van der Waals surface area (Å²) in [5.41, 5.74) is 1.93. The highest BCUT2D eigenvalue weighted by molar-refractivity contribution is 6.01. The third kappa shape index (κ3) is 3.58. The Labute approximate surface area is 167 Å². The molecule has 1 atom stereocenters. The number of nitrogens with zero attached hydrogens (tertiary/aromatic N) is 3. The van der Waals surface area contributed by atoms with Gasteiger partial charge in [-0.2, -0.15) is 5.26 Å². The molecule has 146 valence electrons. The van der Waals surface area contributed by atoms with Gasteiger partial charge in [-0.15, -0.1) is 0 Å². The first-order valence-electron chi connectivity index (χ1n) is 9.17. The second-order valence-corrected chi connectivity index (χ2v) is 7.08. The van der Waals surface area contributed by atoms with Crippen LogP contribution in [-0.4, -0.2) is 34.8 Å². The number of carbonyl (C=O) groups excluding carboxylic acids is 1. The smallest absolute Gasteiger partial charge is 0.262 e. The molecule has 4 rings (SSSR count). The van der Waals surface area contributed by atoms with Crippen LogP contribution >= 0.6 is 0 Å². The molecule has 1 amide bonds. The number of nitriles is 1. The summed E-state index contributed by atoms with van der Waals surface area (Å²) in [6.45, 7) is 1.67. The van der Waals surface area contributed by atoms with Gasteiger partial charge in [-0.1, -0.05) is 6.07 Å². The second kappa shape index (κ2) is 7.41. The minimum Gasteiger partial charge on any atom is -0.490 e. The van der Waals surface area contributed by atoms with Gasteiger partial charge in [-0.05, 0) is 55.3 Å². The summed E-state index contributed by atoms with van der Waals surface area (Å²) in [5.74, 6) is 0.0736. The zero-order chi connectivity index (χ0) is 20.4. The van der Waals surface area contributed by atoms with Crippen molar-refractivity contribution in [1.29, 1.82) is 5.26 Å². The fourth-order valence-corrected chi connectivity index (χ4v) is 3.40. The number of benzene rings is 2. The summed E-state index contributed by atoms with van der Waals surface area (Å²) < 4.78 is 10.6. The molecule has 0 fully saturated rings. The molecule has 1 aliphatic heterocycles. The minimum absolute atomic E-state index is 0.196. The number of oxazole rings is 1. The SMILES string of the molecule is C[C@](O)(COc1ccc(-c2cocn2)cc1)C(=O)N1CCc2c(C#N)cccc21. The number of fused-ring (bicyclic) bond motifs is 1. The van der Waals surface area contributed by atoms with Gasteiger partial charge in [0.1, 0.15) is 24.3 Å². The molecule has 29 heavy (non-hydrogen) atoms. The van der Waals surface area contributed by atoms with Crippen LogP contribution < -0.4 is 9.64 Å². The number of aromatic nitrogens is 1. The van der Waals surface area contributed by atoms with Crippen molar-refractivity contribution in [2.75, 3.05) is 18.1 Å². The molecule has 2 heterocycles. The molecular formula is C22H19N3O4. The predicted octanol–water partition coefficient (Wildman–Crippen LogP) is 2.93. The van der Waals surface area contributed by atoms with Crippen molar-refractivity contribution < 1.29 is 19.1 Å². The van der Waals surface area contributed by atoms with Gasteiger partial charge in [-0.3, -0.25) is 4.79 Å². The molecule has 0 radical (unpaired) electrons. The predicted molar refractivity (Wildman–Crippen MR) is 105 cm³/mol. The molecule has 3 aromatic rings. The molecule has 0 bridgehead atoms. The van der Waals surface area contributed by atoms with E-state index in [9.17, 15) is 15.2 Å². The Morgan fingerprint density at radius 1 is 1.34 bits per heavy atom. The third-order valence-corrected chi connectivity index (χ3v) is 4.96. The Morgan fingerprint density at radius 3 is 2.83 bits per heavy atom. The van der Waals surface area contributed by atoms with Gasteiger partial charge in [0.25, 0.3) is 5.91 Å². The van der Waals surface area contributed by atoms with Crippen LogP contribution in [0.2, 0.25) is 0 Å². The molecule has 0 unspecified atom stereocenters. The van der Waals surface area contributed by atoms with Crippen molar-refractivity contribution >= 4 is 11.6 Å². The molecule has 0 aliphatic carbocycles. The number of hydrogen-bond donors (Lipinski definition) is 1. The highest BCUT2D eigenvalue weighted by atomic mass is 16.5. The maximum Gasteiger partial charge on any atom is 0.262 e. The zero-order valence-corrected chi connectivity index (χ0v) is 15.8. The van der Waals surface area contributed by atoms with Gasteiger partial charge in [0, 0.05) is 17.8 Å². The molecule has 7 nitrogen and oxygen atoms in total. The lowest BCUT2D eigenvalue weighted by Crippen LogP contribution is -2.50. The van der Waals surface area contributed by atoms with Gasteiger partial charge >= 0.3 is 0 Å². The minimum atomic E-state index is -1.71. The number of anilines is 1. The summed E-state index contributed by atoms with van der Waals surface area (Å²) in [6.07, 6.45) is 3.49. The van der Waals surface area contributed by atoms with Crippen LogP contribution in [0, 0.1) is 11.3 Å². The maximum atomic E-state index is 13.0. The molecule has 0 spiro atoms. The van der Waals surface area contributed by atoms with Crippen LogP contribution in [-0.2, 0) is 11.2 Å². The summed E-state index contributed by atoms with van der Waals surface area (Å²) in [7, 11) is 0. The average Bonchev–Trinajstić information content (AvgIpc) is 3.42. The molecular weight excluding hydrogens is 370 g/mol. The summed E-state index contributed by atoms with van der Waals surface area (Å²) in [4.78, 5) is 18.6. The Bertz CT molecular complexity index is 1070. The number of aliphatic hydroxyl groups is 1. The highest BCUT2D eigenvalue weighted by Crippen LogP contribution is 2.32. The van der Waals surface area contributed by atoms with Crippen LogP contribution in [0.1, 0.15) is 18.1 Å². The van der Waals surface area contributed by atoms with E-state index in [0.29, 0.717) is 35.7 Å². The molecule has 1 aliphatic rings. The van der Waals surface area contributed by atoms with E-state index in [2.05, 4.69) is 11.1 Å².